The maximum atomic E-state index is 5.56. The molecule has 0 bridgehead atoms. The van der Waals surface area contributed by atoms with Crippen LogP contribution in [0.15, 0.2) is 18.2 Å². The van der Waals surface area contributed by atoms with Crippen molar-refractivity contribution in [2.45, 2.75) is 0 Å². The highest BCUT2D eigenvalue weighted by Gasteiger charge is 1.99. The zero-order valence-corrected chi connectivity index (χ0v) is 7.78. The van der Waals surface area contributed by atoms with E-state index in [9.17, 15) is 0 Å². The van der Waals surface area contributed by atoms with E-state index >= 15 is 0 Å². The maximum absolute atomic E-state index is 5.56. The molecular weight excluding hydrogens is 194 g/mol. The van der Waals surface area contributed by atoms with Gasteiger partial charge in [-0.1, -0.05) is 11.3 Å². The Morgan fingerprint density at radius 1 is 1.25 bits per heavy atom. The van der Waals surface area contributed by atoms with Crippen LogP contribution in [0.4, 0.5) is 10.8 Å². The molecule has 1 aromatic carbocycles. The molecule has 0 atom stereocenters. The molecule has 12 heavy (non-hydrogen) atoms. The molecule has 64 valence electrons. The van der Waals surface area contributed by atoms with Crippen LogP contribution in [0.2, 0.25) is 0 Å². The van der Waals surface area contributed by atoms with Crippen LogP contribution in [-0.2, 0) is 0 Å². The van der Waals surface area contributed by atoms with Crippen LogP contribution in [0.5, 0.6) is 0 Å². The van der Waals surface area contributed by atoms with E-state index in [2.05, 4.69) is 4.98 Å². The fourth-order valence-electron chi connectivity index (χ4n) is 0.962. The summed E-state index contributed by atoms with van der Waals surface area (Å²) in [7, 11) is 0. The zero-order chi connectivity index (χ0) is 7.84. The van der Waals surface area contributed by atoms with E-state index in [1.165, 1.54) is 11.3 Å². The van der Waals surface area contributed by atoms with Crippen LogP contribution < -0.4 is 11.5 Å². The lowest BCUT2D eigenvalue weighted by atomic mass is 10.3. The Morgan fingerprint density at radius 3 is 2.75 bits per heavy atom. The third-order valence-corrected chi connectivity index (χ3v) is 2.29. The summed E-state index contributed by atoms with van der Waals surface area (Å²) in [5.74, 6) is 0. The molecule has 4 N–H and O–H groups in total. The van der Waals surface area contributed by atoms with E-state index in [0.29, 0.717) is 5.13 Å². The standard InChI is InChI=1S/C7H7N3S.ClH/c8-4-1-2-6-5(3-4)10-7(9)11-6;/h1-3H,8H2,(H2,9,10);1H. The van der Waals surface area contributed by atoms with Crippen molar-refractivity contribution in [1.29, 1.82) is 0 Å². The fourth-order valence-corrected chi connectivity index (χ4v) is 1.68. The molecule has 2 rings (SSSR count). The van der Waals surface area contributed by atoms with Crippen molar-refractivity contribution in [2.75, 3.05) is 11.5 Å². The number of nitrogens with zero attached hydrogens (tertiary/aromatic N) is 1. The summed E-state index contributed by atoms with van der Waals surface area (Å²) in [5, 5.41) is 0.589. The monoisotopic (exact) mass is 201 g/mol. The number of anilines is 2. The summed E-state index contributed by atoms with van der Waals surface area (Å²) < 4.78 is 1.08. The Hall–Kier alpha value is -1.00. The molecule has 0 aliphatic carbocycles. The molecular formula is C7H8ClN3S. The fraction of sp³-hybridized carbons (Fsp3) is 0. The van der Waals surface area contributed by atoms with Crippen LogP contribution in [0.3, 0.4) is 0 Å². The molecule has 0 unspecified atom stereocenters. The Bertz CT molecular complexity index is 398. The molecule has 0 aliphatic rings. The van der Waals surface area contributed by atoms with E-state index in [-0.39, 0.29) is 12.4 Å². The van der Waals surface area contributed by atoms with Crippen LogP contribution >= 0.6 is 23.7 Å². The van der Waals surface area contributed by atoms with Gasteiger partial charge in [-0.05, 0) is 18.2 Å². The molecule has 0 amide bonds. The molecule has 0 saturated heterocycles. The van der Waals surface area contributed by atoms with Gasteiger partial charge in [0.2, 0.25) is 0 Å². The highest BCUT2D eigenvalue weighted by molar-refractivity contribution is 7.22. The number of thiazole rings is 1. The van der Waals surface area contributed by atoms with Gasteiger partial charge in [-0.2, -0.15) is 0 Å². The average molecular weight is 202 g/mol. The van der Waals surface area contributed by atoms with E-state index in [1.54, 1.807) is 0 Å². The minimum atomic E-state index is 0. The summed E-state index contributed by atoms with van der Waals surface area (Å²) >= 11 is 1.47. The predicted molar refractivity (Wildman–Crippen MR) is 55.7 cm³/mol. The lowest BCUT2D eigenvalue weighted by Gasteiger charge is -1.88. The van der Waals surface area contributed by atoms with Gasteiger partial charge < -0.3 is 11.5 Å². The molecule has 5 heteroatoms. The largest absolute Gasteiger partial charge is 0.399 e. The third kappa shape index (κ3) is 1.44. The molecule has 0 saturated carbocycles. The Kier molecular flexibility index (Phi) is 2.40. The molecule has 1 aromatic heterocycles. The van der Waals surface area contributed by atoms with Gasteiger partial charge in [-0.3, -0.25) is 0 Å². The first-order valence-electron chi connectivity index (χ1n) is 3.17. The first-order valence-corrected chi connectivity index (χ1v) is 3.99. The van der Waals surface area contributed by atoms with E-state index in [0.717, 1.165) is 15.9 Å². The van der Waals surface area contributed by atoms with Crippen molar-refractivity contribution in [3.05, 3.63) is 18.2 Å². The number of nitrogens with two attached hydrogens (primary N) is 2. The van der Waals surface area contributed by atoms with Crippen LogP contribution in [-0.4, -0.2) is 4.98 Å². The molecule has 0 aliphatic heterocycles. The van der Waals surface area contributed by atoms with Crippen LogP contribution in [0.1, 0.15) is 0 Å². The smallest absolute Gasteiger partial charge is 0.181 e. The van der Waals surface area contributed by atoms with Gasteiger partial charge in [0.1, 0.15) is 0 Å². The molecule has 1 heterocycles. The predicted octanol–water partition coefficient (Wildman–Crippen LogP) is 1.88. The van der Waals surface area contributed by atoms with Gasteiger partial charge in [0.15, 0.2) is 5.13 Å². The Morgan fingerprint density at radius 2 is 2.00 bits per heavy atom. The number of fused-ring (bicyclic) bond motifs is 1. The van der Waals surface area contributed by atoms with Gasteiger partial charge in [-0.15, -0.1) is 12.4 Å². The second kappa shape index (κ2) is 3.16. The first-order chi connectivity index (χ1) is 5.25. The summed E-state index contributed by atoms with van der Waals surface area (Å²) in [6.07, 6.45) is 0. The minimum Gasteiger partial charge on any atom is -0.399 e. The van der Waals surface area contributed by atoms with Gasteiger partial charge in [0.05, 0.1) is 10.2 Å². The molecule has 0 fully saturated rings. The quantitative estimate of drug-likeness (QED) is 0.640. The number of rotatable bonds is 0. The number of nitrogen functional groups attached to an aromatic ring is 2. The van der Waals surface area contributed by atoms with Gasteiger partial charge in [0.25, 0.3) is 0 Å². The van der Waals surface area contributed by atoms with E-state index in [4.69, 9.17) is 11.5 Å². The summed E-state index contributed by atoms with van der Waals surface area (Å²) in [5.41, 5.74) is 12.7. The lowest BCUT2D eigenvalue weighted by molar-refractivity contribution is 1.50. The number of halogens is 1. The minimum absolute atomic E-state index is 0. The Labute approximate surface area is 79.8 Å². The summed E-state index contributed by atoms with van der Waals surface area (Å²) in [6, 6.07) is 5.60. The summed E-state index contributed by atoms with van der Waals surface area (Å²) in [4.78, 5) is 4.09. The Balaban J connectivity index is 0.000000720. The van der Waals surface area contributed by atoms with Crippen LogP contribution in [0, 0.1) is 0 Å². The number of benzene rings is 1. The van der Waals surface area contributed by atoms with Crippen molar-refractivity contribution in [1.82, 2.24) is 4.98 Å². The SMILES string of the molecule is Cl.Nc1ccc2sc(N)nc2c1. The van der Waals surface area contributed by atoms with Crippen molar-refractivity contribution < 1.29 is 0 Å². The number of hydrogen-bond acceptors (Lipinski definition) is 4. The van der Waals surface area contributed by atoms with Crippen molar-refractivity contribution >= 4 is 44.8 Å². The first kappa shape index (κ1) is 9.09. The number of hydrogen-bond donors (Lipinski definition) is 2. The van der Waals surface area contributed by atoms with Crippen molar-refractivity contribution in [3.8, 4) is 0 Å². The lowest BCUT2D eigenvalue weighted by Crippen LogP contribution is -1.83. The summed E-state index contributed by atoms with van der Waals surface area (Å²) in [6.45, 7) is 0. The topological polar surface area (TPSA) is 64.9 Å². The molecule has 0 spiro atoms. The highest BCUT2D eigenvalue weighted by atomic mass is 35.5. The van der Waals surface area contributed by atoms with Gasteiger partial charge >= 0.3 is 0 Å². The van der Waals surface area contributed by atoms with Gasteiger partial charge in [0, 0.05) is 5.69 Å². The molecule has 2 aromatic rings. The zero-order valence-electron chi connectivity index (χ0n) is 6.15. The third-order valence-electron chi connectivity index (χ3n) is 1.43. The molecule has 3 nitrogen and oxygen atoms in total. The normalized spacial score (nSPS) is 9.67. The number of aromatic nitrogens is 1. The molecule has 0 radical (unpaired) electrons. The van der Waals surface area contributed by atoms with Crippen molar-refractivity contribution in [2.24, 2.45) is 0 Å². The van der Waals surface area contributed by atoms with Crippen molar-refractivity contribution in [3.63, 3.8) is 0 Å². The second-order valence-corrected chi connectivity index (χ2v) is 3.34. The van der Waals surface area contributed by atoms with Gasteiger partial charge in [-0.25, -0.2) is 4.98 Å². The highest BCUT2D eigenvalue weighted by Crippen LogP contribution is 2.24. The van der Waals surface area contributed by atoms with E-state index in [1.807, 2.05) is 18.2 Å². The second-order valence-electron chi connectivity index (χ2n) is 2.28. The van der Waals surface area contributed by atoms with Crippen LogP contribution in [0.25, 0.3) is 10.2 Å². The average Bonchev–Trinajstić information content (AvgIpc) is 2.27. The van der Waals surface area contributed by atoms with E-state index < -0.39 is 0 Å². The maximum Gasteiger partial charge on any atom is 0.181 e.